The molecule has 14 heavy (non-hydrogen) atoms. The summed E-state index contributed by atoms with van der Waals surface area (Å²) in [6.07, 6.45) is 0.0832. The predicted octanol–water partition coefficient (Wildman–Crippen LogP) is 2.54. The molecular weight excluding hydrogens is 174 g/mol. The minimum atomic E-state index is 0.0832. The van der Waals surface area contributed by atoms with E-state index in [1.165, 1.54) is 5.56 Å². The highest BCUT2D eigenvalue weighted by Crippen LogP contribution is 2.19. The van der Waals surface area contributed by atoms with Crippen molar-refractivity contribution < 1.29 is 4.74 Å². The van der Waals surface area contributed by atoms with E-state index in [2.05, 4.69) is 26.0 Å². The van der Waals surface area contributed by atoms with E-state index < -0.39 is 0 Å². The molecule has 0 aliphatic carbocycles. The molecule has 2 nitrogen and oxygen atoms in total. The van der Waals surface area contributed by atoms with Crippen molar-refractivity contribution in [2.24, 2.45) is 5.73 Å². The Bertz CT molecular complexity index is 266. The maximum absolute atomic E-state index is 5.57. The first-order chi connectivity index (χ1) is 6.63. The Hall–Kier alpha value is -1.02. The summed E-state index contributed by atoms with van der Waals surface area (Å²) in [5, 5.41) is 0. The summed E-state index contributed by atoms with van der Waals surface area (Å²) in [4.78, 5) is 0. The van der Waals surface area contributed by atoms with Gasteiger partial charge in [0.15, 0.2) is 0 Å². The molecule has 1 atom stereocenters. The van der Waals surface area contributed by atoms with Crippen LogP contribution >= 0.6 is 0 Å². The average molecular weight is 193 g/mol. The molecule has 0 aromatic heterocycles. The molecule has 0 radical (unpaired) electrons. The van der Waals surface area contributed by atoms with Crippen LogP contribution in [0.2, 0.25) is 0 Å². The molecule has 0 bridgehead atoms. The lowest BCUT2D eigenvalue weighted by Crippen LogP contribution is -2.22. The van der Waals surface area contributed by atoms with E-state index in [0.717, 1.165) is 5.75 Å². The lowest BCUT2D eigenvalue weighted by molar-refractivity contribution is 0.230. The van der Waals surface area contributed by atoms with Crippen molar-refractivity contribution in [2.75, 3.05) is 6.54 Å². The van der Waals surface area contributed by atoms with Crippen LogP contribution in [-0.4, -0.2) is 12.6 Å². The minimum Gasteiger partial charge on any atom is -0.489 e. The predicted molar refractivity (Wildman–Crippen MR) is 59.7 cm³/mol. The van der Waals surface area contributed by atoms with E-state index in [0.29, 0.717) is 12.5 Å². The third kappa shape index (κ3) is 3.04. The van der Waals surface area contributed by atoms with Gasteiger partial charge in [-0.2, -0.15) is 0 Å². The van der Waals surface area contributed by atoms with Crippen LogP contribution in [0.25, 0.3) is 0 Å². The van der Waals surface area contributed by atoms with E-state index >= 15 is 0 Å². The summed E-state index contributed by atoms with van der Waals surface area (Å²) in [5.41, 5.74) is 6.80. The molecule has 1 unspecified atom stereocenters. The van der Waals surface area contributed by atoms with Gasteiger partial charge in [0, 0.05) is 6.54 Å². The lowest BCUT2D eigenvalue weighted by atomic mass is 10.0. The van der Waals surface area contributed by atoms with E-state index in [-0.39, 0.29) is 6.10 Å². The van der Waals surface area contributed by atoms with Crippen LogP contribution in [0.15, 0.2) is 24.3 Å². The summed E-state index contributed by atoms with van der Waals surface area (Å²) in [5.74, 6) is 1.46. The van der Waals surface area contributed by atoms with Crippen LogP contribution in [0.1, 0.15) is 32.3 Å². The SMILES string of the molecule is CC(CN)Oc1ccc(C(C)C)cc1. The molecule has 0 saturated carbocycles. The van der Waals surface area contributed by atoms with Gasteiger partial charge in [-0.15, -0.1) is 0 Å². The van der Waals surface area contributed by atoms with Crippen LogP contribution in [0.3, 0.4) is 0 Å². The molecule has 1 aromatic rings. The number of ether oxygens (including phenoxy) is 1. The zero-order valence-corrected chi connectivity index (χ0v) is 9.16. The number of hydrogen-bond donors (Lipinski definition) is 1. The fraction of sp³-hybridized carbons (Fsp3) is 0.500. The van der Waals surface area contributed by atoms with Crippen molar-refractivity contribution in [2.45, 2.75) is 32.8 Å². The summed E-state index contributed by atoms with van der Waals surface area (Å²) >= 11 is 0. The molecule has 0 aliphatic rings. The number of benzene rings is 1. The maximum atomic E-state index is 5.57. The van der Waals surface area contributed by atoms with Gasteiger partial charge < -0.3 is 10.5 Å². The number of rotatable bonds is 4. The Balaban J connectivity index is 2.64. The third-order valence-corrected chi connectivity index (χ3v) is 2.22. The highest BCUT2D eigenvalue weighted by molar-refractivity contribution is 5.29. The van der Waals surface area contributed by atoms with Crippen molar-refractivity contribution in [1.29, 1.82) is 0 Å². The third-order valence-electron chi connectivity index (χ3n) is 2.22. The molecule has 0 heterocycles. The number of nitrogens with two attached hydrogens (primary N) is 1. The monoisotopic (exact) mass is 193 g/mol. The quantitative estimate of drug-likeness (QED) is 0.797. The smallest absolute Gasteiger partial charge is 0.119 e. The van der Waals surface area contributed by atoms with Gasteiger partial charge >= 0.3 is 0 Å². The van der Waals surface area contributed by atoms with Gasteiger partial charge in [0.25, 0.3) is 0 Å². The highest BCUT2D eigenvalue weighted by Gasteiger charge is 2.02. The van der Waals surface area contributed by atoms with Gasteiger partial charge in [-0.3, -0.25) is 0 Å². The van der Waals surface area contributed by atoms with E-state index in [1.807, 2.05) is 19.1 Å². The van der Waals surface area contributed by atoms with Gasteiger partial charge in [0.05, 0.1) is 0 Å². The molecule has 1 aromatic carbocycles. The standard InChI is InChI=1S/C12H19NO/c1-9(2)11-4-6-12(7-5-11)14-10(3)8-13/h4-7,9-10H,8,13H2,1-3H3. The van der Waals surface area contributed by atoms with Crippen molar-refractivity contribution in [3.8, 4) is 5.75 Å². The molecule has 0 aliphatic heterocycles. The maximum Gasteiger partial charge on any atom is 0.119 e. The van der Waals surface area contributed by atoms with Gasteiger partial charge in [0.1, 0.15) is 11.9 Å². The van der Waals surface area contributed by atoms with Crippen LogP contribution in [0.5, 0.6) is 5.75 Å². The van der Waals surface area contributed by atoms with Gasteiger partial charge in [-0.1, -0.05) is 26.0 Å². The average Bonchev–Trinajstić information content (AvgIpc) is 2.18. The Morgan fingerprint density at radius 3 is 2.14 bits per heavy atom. The van der Waals surface area contributed by atoms with Crippen molar-refractivity contribution in [3.05, 3.63) is 29.8 Å². The van der Waals surface area contributed by atoms with Crippen LogP contribution in [0, 0.1) is 0 Å². The Morgan fingerprint density at radius 2 is 1.71 bits per heavy atom. The fourth-order valence-corrected chi connectivity index (χ4v) is 1.21. The van der Waals surface area contributed by atoms with Crippen LogP contribution in [-0.2, 0) is 0 Å². The number of hydrogen-bond acceptors (Lipinski definition) is 2. The Morgan fingerprint density at radius 1 is 1.14 bits per heavy atom. The second-order valence-corrected chi connectivity index (χ2v) is 3.89. The first-order valence-electron chi connectivity index (χ1n) is 5.10. The molecule has 0 saturated heterocycles. The molecular formula is C12H19NO. The molecule has 0 fully saturated rings. The second kappa shape index (κ2) is 5.01. The highest BCUT2D eigenvalue weighted by atomic mass is 16.5. The molecule has 1 rings (SSSR count). The van der Waals surface area contributed by atoms with Gasteiger partial charge in [-0.25, -0.2) is 0 Å². The zero-order valence-electron chi connectivity index (χ0n) is 9.16. The zero-order chi connectivity index (χ0) is 10.6. The largest absolute Gasteiger partial charge is 0.489 e. The Kier molecular flexibility index (Phi) is 3.96. The molecule has 78 valence electrons. The summed E-state index contributed by atoms with van der Waals surface area (Å²) < 4.78 is 5.57. The van der Waals surface area contributed by atoms with E-state index in [4.69, 9.17) is 10.5 Å². The van der Waals surface area contributed by atoms with Crippen LogP contribution in [0.4, 0.5) is 0 Å². The summed E-state index contributed by atoms with van der Waals surface area (Å²) in [7, 11) is 0. The molecule has 0 amide bonds. The molecule has 0 spiro atoms. The van der Waals surface area contributed by atoms with Gasteiger partial charge in [0.2, 0.25) is 0 Å². The van der Waals surface area contributed by atoms with Crippen molar-refractivity contribution in [1.82, 2.24) is 0 Å². The lowest BCUT2D eigenvalue weighted by Gasteiger charge is -2.13. The van der Waals surface area contributed by atoms with E-state index in [1.54, 1.807) is 0 Å². The normalized spacial score (nSPS) is 12.9. The first-order valence-corrected chi connectivity index (χ1v) is 5.10. The fourth-order valence-electron chi connectivity index (χ4n) is 1.21. The Labute approximate surface area is 86.1 Å². The van der Waals surface area contributed by atoms with E-state index in [9.17, 15) is 0 Å². The molecule has 2 N–H and O–H groups in total. The molecule has 2 heteroatoms. The topological polar surface area (TPSA) is 35.2 Å². The van der Waals surface area contributed by atoms with Gasteiger partial charge in [-0.05, 0) is 30.5 Å². The summed E-state index contributed by atoms with van der Waals surface area (Å²) in [6, 6.07) is 8.20. The first kappa shape index (κ1) is 11.1. The second-order valence-electron chi connectivity index (χ2n) is 3.89. The van der Waals surface area contributed by atoms with Crippen LogP contribution < -0.4 is 10.5 Å². The van der Waals surface area contributed by atoms with Crippen molar-refractivity contribution >= 4 is 0 Å². The minimum absolute atomic E-state index is 0.0832. The van der Waals surface area contributed by atoms with Crippen molar-refractivity contribution in [3.63, 3.8) is 0 Å². The summed E-state index contributed by atoms with van der Waals surface area (Å²) in [6.45, 7) is 6.87.